The number of fused-ring (bicyclic) bond motifs is 2. The Labute approximate surface area is 520 Å². The molecule has 23 nitrogen and oxygen atoms in total. The van der Waals surface area contributed by atoms with Gasteiger partial charge in [0.05, 0.1) is 41.3 Å². The molecule has 23 heteroatoms. The van der Waals surface area contributed by atoms with E-state index >= 15 is 0 Å². The lowest BCUT2D eigenvalue weighted by Gasteiger charge is -2.27. The molecule has 9 rings (SSSR count). The zero-order valence-corrected chi connectivity index (χ0v) is 48.9. The van der Waals surface area contributed by atoms with Gasteiger partial charge >= 0.3 is 12.0 Å². The fourth-order valence-corrected chi connectivity index (χ4v) is 10.3. The van der Waals surface area contributed by atoms with Gasteiger partial charge in [-0.2, -0.15) is 5.10 Å². The van der Waals surface area contributed by atoms with E-state index in [2.05, 4.69) is 47.4 Å². The predicted molar refractivity (Wildman–Crippen MR) is 341 cm³/mol. The Morgan fingerprint density at radius 2 is 1.02 bits per heavy atom. The lowest BCUT2D eigenvalue weighted by atomic mass is 9.81. The van der Waals surface area contributed by atoms with E-state index in [4.69, 9.17) is 10.1 Å². The number of hydrogen-bond acceptors (Lipinski definition) is 13. The third-order valence-electron chi connectivity index (χ3n) is 14.8. The fraction of sp³-hybridized carbons (Fsp3) is 0.269. The lowest BCUT2D eigenvalue weighted by molar-refractivity contribution is -0.139. The van der Waals surface area contributed by atoms with Gasteiger partial charge < -0.3 is 41.8 Å². The molecule has 1 saturated carbocycles. The first-order valence-electron chi connectivity index (χ1n) is 29.0. The van der Waals surface area contributed by atoms with Crippen LogP contribution in [0.15, 0.2) is 185 Å². The van der Waals surface area contributed by atoms with Crippen molar-refractivity contribution < 1.29 is 53.1 Å². The van der Waals surface area contributed by atoms with Gasteiger partial charge in [-0.1, -0.05) is 148 Å². The van der Waals surface area contributed by atoms with Gasteiger partial charge in [0.15, 0.2) is 0 Å². The number of anilines is 2. The number of carbonyl (C=O) groups excluding carboxylic acids is 9. The zero-order chi connectivity index (χ0) is 63.2. The minimum Gasteiger partial charge on any atom is -0.481 e. The number of para-hydroxylation sites is 2. The standard InChI is InChI=1S/C38H44N8O5.C28H24N4O6.CH4/c1-3-29(23-41-45-38(51)40-22-25-18-20-28(21-19-25)35(48)39-2)42-32(47)24-46-31-17-11-10-16-30(31)33(26-12-6-4-7-13-26)43-34(37(46)50)44-36(49)27-14-8-5-9-15-27;33-17-20(15-24(35)36)29-23(34)16-32-22-14-8-7-13-21(22)25(18-9-3-1-4-10-18)30-26(28(32)38)31-27(37)19-11-5-2-6-12-19;/h4-17,23,25,28-29,34H,3,18-22,24H2,1-2H3,(H,39,48)(H,42,47)(H,44,49)(H2,40,45,51);1-14,17,20,26H,15-16H2,(H,29,34)(H,31,37)(H,35,36);1H4/b41-23+;;/t25?,28?,29-,34?;20-,26?;/m00./s1. The second kappa shape index (κ2) is 32.7. The Balaban J connectivity index is 0.000000264. The molecule has 466 valence electrons. The molecule has 8 N–H and O–H groups in total. The maximum atomic E-state index is 14.2. The molecule has 6 aromatic carbocycles. The van der Waals surface area contributed by atoms with E-state index < -0.39 is 84.8 Å². The largest absolute Gasteiger partial charge is 0.481 e. The lowest BCUT2D eigenvalue weighted by Crippen LogP contribution is -2.51. The van der Waals surface area contributed by atoms with Crippen LogP contribution in [-0.4, -0.2) is 133 Å². The van der Waals surface area contributed by atoms with Crippen molar-refractivity contribution in [2.24, 2.45) is 26.9 Å². The van der Waals surface area contributed by atoms with Gasteiger partial charge in [-0.15, -0.1) is 0 Å². The molecular weight excluding hydrogens is 1150 g/mol. The summed E-state index contributed by atoms with van der Waals surface area (Å²) >= 11 is 0. The summed E-state index contributed by atoms with van der Waals surface area (Å²) in [7, 11) is 1.65. The summed E-state index contributed by atoms with van der Waals surface area (Å²) in [6.07, 6.45) is 2.23. The van der Waals surface area contributed by atoms with Gasteiger partial charge in [-0.25, -0.2) is 20.2 Å². The molecule has 4 atom stereocenters. The summed E-state index contributed by atoms with van der Waals surface area (Å²) < 4.78 is 0. The number of benzene rings is 6. The van der Waals surface area contributed by atoms with Crippen LogP contribution in [0.4, 0.5) is 16.2 Å². The van der Waals surface area contributed by atoms with Gasteiger partial charge in [0.2, 0.25) is 30.1 Å². The number of rotatable bonds is 21. The summed E-state index contributed by atoms with van der Waals surface area (Å²) in [5.74, 6) is -4.35. The third-order valence-corrected chi connectivity index (χ3v) is 14.8. The number of nitrogens with zero attached hydrogens (tertiary/aromatic N) is 5. The first kappa shape index (κ1) is 66.6. The molecule has 0 spiro atoms. The van der Waals surface area contributed by atoms with E-state index in [0.29, 0.717) is 69.9 Å². The highest BCUT2D eigenvalue weighted by molar-refractivity contribution is 6.22. The fourth-order valence-electron chi connectivity index (χ4n) is 10.3. The van der Waals surface area contributed by atoms with Crippen molar-refractivity contribution in [2.75, 3.05) is 36.5 Å². The highest BCUT2D eigenvalue weighted by Gasteiger charge is 2.37. The second-order valence-corrected chi connectivity index (χ2v) is 21.0. The summed E-state index contributed by atoms with van der Waals surface area (Å²) in [5, 5.41) is 29.2. The minimum atomic E-state index is -1.38. The van der Waals surface area contributed by atoms with Crippen molar-refractivity contribution in [1.29, 1.82) is 0 Å². The molecule has 1 fully saturated rings. The number of nitrogens with one attached hydrogen (secondary N) is 7. The average molecular weight is 1220 g/mol. The number of aliphatic carboxylic acids is 1. The number of aldehydes is 1. The predicted octanol–water partition coefficient (Wildman–Crippen LogP) is 5.78. The Morgan fingerprint density at radius 1 is 0.600 bits per heavy atom. The highest BCUT2D eigenvalue weighted by atomic mass is 16.4. The topological polar surface area (TPSA) is 319 Å². The van der Waals surface area contributed by atoms with Gasteiger partial charge in [0.1, 0.15) is 19.4 Å². The third kappa shape index (κ3) is 17.8. The molecular formula is C67H72N12O11. The van der Waals surface area contributed by atoms with Crippen LogP contribution in [0.25, 0.3) is 0 Å². The molecule has 9 amide bonds. The molecule has 2 heterocycles. The monoisotopic (exact) mass is 1220 g/mol. The van der Waals surface area contributed by atoms with E-state index in [-0.39, 0.29) is 31.7 Å². The van der Waals surface area contributed by atoms with Crippen molar-refractivity contribution in [3.63, 3.8) is 0 Å². The maximum absolute atomic E-state index is 14.2. The van der Waals surface area contributed by atoms with Gasteiger partial charge in [-0.05, 0) is 74.4 Å². The van der Waals surface area contributed by atoms with E-state index in [9.17, 15) is 47.9 Å². The van der Waals surface area contributed by atoms with Crippen LogP contribution < -0.4 is 47.1 Å². The zero-order valence-electron chi connectivity index (χ0n) is 48.9. The van der Waals surface area contributed by atoms with Crippen LogP contribution in [0.1, 0.15) is 95.8 Å². The SMILES string of the molecule is C.CC[C@@H](/C=N/NC(=O)NCC1CCC(C(=O)NC)CC1)NC(=O)CN1C(=O)C(NC(=O)c2ccccc2)N=C(c2ccccc2)c2ccccc21.O=C[C@H](CC(=O)O)NC(=O)CN1C(=O)C(NC(=O)c2ccccc2)N=C(c2ccccc2)c2ccccc21. The Morgan fingerprint density at radius 3 is 1.44 bits per heavy atom. The number of carboxylic acids is 1. The molecule has 0 saturated heterocycles. The number of carboxylic acid groups (broad SMARTS) is 1. The molecule has 90 heavy (non-hydrogen) atoms. The van der Waals surface area contributed by atoms with E-state index in [1.165, 1.54) is 16.0 Å². The van der Waals surface area contributed by atoms with Crippen LogP contribution in [0.5, 0.6) is 0 Å². The average Bonchev–Trinajstić information content (AvgIpc) is 1.67. The summed E-state index contributed by atoms with van der Waals surface area (Å²) in [4.78, 5) is 139. The van der Waals surface area contributed by atoms with Crippen molar-refractivity contribution in [2.45, 2.75) is 77.3 Å². The Bertz CT molecular complexity index is 3620. The summed E-state index contributed by atoms with van der Waals surface area (Å²) in [5.41, 5.74) is 7.54. The molecule has 0 bridgehead atoms. The molecule has 6 aromatic rings. The van der Waals surface area contributed by atoms with Crippen molar-refractivity contribution in [1.82, 2.24) is 37.3 Å². The van der Waals surface area contributed by atoms with Crippen LogP contribution in [0, 0.1) is 11.8 Å². The normalized spacial score (nSPS) is 17.4. The molecule has 0 radical (unpaired) electrons. The highest BCUT2D eigenvalue weighted by Crippen LogP contribution is 2.31. The number of urea groups is 1. The van der Waals surface area contributed by atoms with E-state index in [1.54, 1.807) is 104 Å². The summed E-state index contributed by atoms with van der Waals surface area (Å²) in [6.45, 7) is 1.44. The summed E-state index contributed by atoms with van der Waals surface area (Å²) in [6, 6.07) is 47.1. The van der Waals surface area contributed by atoms with Crippen molar-refractivity contribution in [3.8, 4) is 0 Å². The van der Waals surface area contributed by atoms with Crippen LogP contribution in [-0.2, 0) is 33.6 Å². The Hall–Kier alpha value is -11.0. The quantitative estimate of drug-likeness (QED) is 0.0243. The van der Waals surface area contributed by atoms with Gasteiger partial charge in [-0.3, -0.25) is 48.2 Å². The molecule has 3 aliphatic rings. The van der Waals surface area contributed by atoms with Crippen LogP contribution >= 0.6 is 0 Å². The number of hydrogen-bond donors (Lipinski definition) is 8. The number of aliphatic imine (C=N–C) groups is 2. The number of amides is 9. The van der Waals surface area contributed by atoms with Crippen molar-refractivity contribution >= 4 is 88.6 Å². The minimum absolute atomic E-state index is 0. The van der Waals surface area contributed by atoms with Crippen molar-refractivity contribution in [3.05, 3.63) is 203 Å². The second-order valence-electron chi connectivity index (χ2n) is 21.0. The first-order chi connectivity index (χ1) is 43.1. The van der Waals surface area contributed by atoms with Crippen LogP contribution in [0.3, 0.4) is 0 Å². The Kier molecular flexibility index (Phi) is 24.2. The molecule has 1 aliphatic carbocycles. The molecule has 2 unspecified atom stereocenters. The van der Waals surface area contributed by atoms with Crippen LogP contribution in [0.2, 0.25) is 0 Å². The van der Waals surface area contributed by atoms with E-state index in [1.807, 2.05) is 79.7 Å². The number of hydrazone groups is 1. The molecule has 0 aromatic heterocycles. The first-order valence-corrected chi connectivity index (χ1v) is 29.0. The molecule has 2 aliphatic heterocycles. The van der Waals surface area contributed by atoms with Gasteiger partial charge in [0.25, 0.3) is 23.6 Å². The maximum Gasteiger partial charge on any atom is 0.335 e. The van der Waals surface area contributed by atoms with Gasteiger partial charge in [0, 0.05) is 59.1 Å². The number of benzodiazepines with no additional fused rings is 2. The number of carbonyl (C=O) groups is 10. The smallest absolute Gasteiger partial charge is 0.335 e. The van der Waals surface area contributed by atoms with E-state index in [0.717, 1.165) is 31.2 Å².